The van der Waals surface area contributed by atoms with Crippen LogP contribution < -0.4 is 10.1 Å². The molecule has 0 saturated heterocycles. The highest BCUT2D eigenvalue weighted by Gasteiger charge is 2.09. The summed E-state index contributed by atoms with van der Waals surface area (Å²) >= 11 is 1.71. The summed E-state index contributed by atoms with van der Waals surface area (Å²) in [5.41, 5.74) is 4.56. The van der Waals surface area contributed by atoms with Gasteiger partial charge in [-0.25, -0.2) is 4.79 Å². The van der Waals surface area contributed by atoms with Gasteiger partial charge >= 0.3 is 5.97 Å². The maximum Gasteiger partial charge on any atom is 0.343 e. The lowest BCUT2D eigenvalue weighted by Crippen LogP contribution is -2.15. The fourth-order valence-electron chi connectivity index (χ4n) is 2.30. The first kappa shape index (κ1) is 16.5. The average Bonchev–Trinajstić information content (AvgIpc) is 2.99. The first-order valence-electron chi connectivity index (χ1n) is 7.11. The van der Waals surface area contributed by atoms with Crippen molar-refractivity contribution in [3.63, 3.8) is 0 Å². The molecule has 2 aromatic rings. The largest absolute Gasteiger partial charge is 0.481 e. The van der Waals surface area contributed by atoms with E-state index in [9.17, 15) is 4.79 Å². The fourth-order valence-corrected chi connectivity index (χ4v) is 2.97. The van der Waals surface area contributed by atoms with Crippen molar-refractivity contribution < 1.29 is 14.3 Å². The van der Waals surface area contributed by atoms with E-state index in [4.69, 9.17) is 4.74 Å². The van der Waals surface area contributed by atoms with E-state index < -0.39 is 0 Å². The van der Waals surface area contributed by atoms with Crippen LogP contribution in [0.5, 0.6) is 5.75 Å². The Labute approximate surface area is 135 Å². The summed E-state index contributed by atoms with van der Waals surface area (Å²) in [6.45, 7) is 5.58. The van der Waals surface area contributed by atoms with E-state index in [-0.39, 0.29) is 12.6 Å². The van der Waals surface area contributed by atoms with Crippen molar-refractivity contribution in [3.05, 3.63) is 51.2 Å². The lowest BCUT2D eigenvalue weighted by Gasteiger charge is -2.13. The number of rotatable bonds is 7. The molecule has 1 aromatic carbocycles. The second-order valence-corrected chi connectivity index (χ2v) is 5.94. The van der Waals surface area contributed by atoms with E-state index in [1.807, 2.05) is 13.8 Å². The lowest BCUT2D eigenvalue weighted by atomic mass is 10.1. The minimum Gasteiger partial charge on any atom is -0.481 e. The second-order valence-electron chi connectivity index (χ2n) is 5.16. The zero-order chi connectivity index (χ0) is 15.9. The Kier molecular flexibility index (Phi) is 5.98. The number of carbonyl (C=O) groups is 1. The van der Waals surface area contributed by atoms with Crippen molar-refractivity contribution in [1.29, 1.82) is 0 Å². The molecule has 4 nitrogen and oxygen atoms in total. The maximum atomic E-state index is 11.2. The molecule has 1 N–H and O–H groups in total. The number of methoxy groups -OCH3 is 1. The molecular weight excluding hydrogens is 298 g/mol. The van der Waals surface area contributed by atoms with Crippen LogP contribution in [0.25, 0.3) is 0 Å². The Balaban J connectivity index is 1.94. The molecular formula is C17H21NO3S. The molecule has 0 bridgehead atoms. The van der Waals surface area contributed by atoms with Crippen molar-refractivity contribution in [2.45, 2.75) is 26.9 Å². The first-order valence-corrected chi connectivity index (χ1v) is 8.06. The summed E-state index contributed by atoms with van der Waals surface area (Å²) in [7, 11) is 1.35. The molecule has 0 aliphatic rings. The Morgan fingerprint density at radius 2 is 1.86 bits per heavy atom. The van der Waals surface area contributed by atoms with Crippen molar-refractivity contribution in [1.82, 2.24) is 5.32 Å². The van der Waals surface area contributed by atoms with Gasteiger partial charge in [0, 0.05) is 13.1 Å². The van der Waals surface area contributed by atoms with Gasteiger partial charge in [-0.3, -0.25) is 0 Å². The summed E-state index contributed by atoms with van der Waals surface area (Å²) in [6.07, 6.45) is 0. The van der Waals surface area contributed by atoms with Crippen molar-refractivity contribution in [2.24, 2.45) is 0 Å². The highest BCUT2D eigenvalue weighted by molar-refractivity contribution is 7.07. The Morgan fingerprint density at radius 3 is 2.45 bits per heavy atom. The molecule has 0 aliphatic carbocycles. The quantitative estimate of drug-likeness (QED) is 0.796. The molecule has 0 saturated carbocycles. The topological polar surface area (TPSA) is 47.6 Å². The molecule has 0 spiro atoms. The summed E-state index contributed by atoms with van der Waals surface area (Å²) in [4.78, 5) is 11.2. The van der Waals surface area contributed by atoms with Gasteiger partial charge in [0.05, 0.1) is 7.11 Å². The minimum absolute atomic E-state index is 0.0616. The van der Waals surface area contributed by atoms with Crippen LogP contribution in [-0.2, 0) is 22.6 Å². The van der Waals surface area contributed by atoms with Gasteiger partial charge in [-0.2, -0.15) is 11.3 Å². The number of benzene rings is 1. The molecule has 1 aromatic heterocycles. The van der Waals surface area contributed by atoms with E-state index in [1.165, 1.54) is 18.2 Å². The number of hydrogen-bond acceptors (Lipinski definition) is 5. The molecule has 22 heavy (non-hydrogen) atoms. The van der Waals surface area contributed by atoms with E-state index in [0.717, 1.165) is 30.0 Å². The van der Waals surface area contributed by atoms with E-state index in [1.54, 1.807) is 11.3 Å². The SMILES string of the molecule is COC(=O)COc1c(C)cc(CNCc2ccsc2)cc1C. The Bertz CT molecular complexity index is 600. The molecule has 5 heteroatoms. The Morgan fingerprint density at radius 1 is 1.18 bits per heavy atom. The normalized spacial score (nSPS) is 10.5. The molecule has 0 amide bonds. The maximum absolute atomic E-state index is 11.2. The van der Waals surface area contributed by atoms with Crippen LogP contribution in [-0.4, -0.2) is 19.7 Å². The number of ether oxygens (including phenoxy) is 2. The van der Waals surface area contributed by atoms with Gasteiger partial charge in [-0.05, 0) is 52.9 Å². The zero-order valence-corrected chi connectivity index (χ0v) is 14.0. The van der Waals surface area contributed by atoms with E-state index in [2.05, 4.69) is 39.0 Å². The van der Waals surface area contributed by atoms with Crippen LogP contribution >= 0.6 is 11.3 Å². The van der Waals surface area contributed by atoms with Crippen LogP contribution in [0.3, 0.4) is 0 Å². The predicted molar refractivity (Wildman–Crippen MR) is 88.3 cm³/mol. The van der Waals surface area contributed by atoms with Crippen LogP contribution in [0, 0.1) is 13.8 Å². The lowest BCUT2D eigenvalue weighted by molar-refractivity contribution is -0.142. The van der Waals surface area contributed by atoms with Gasteiger partial charge in [-0.15, -0.1) is 0 Å². The summed E-state index contributed by atoms with van der Waals surface area (Å²) in [6, 6.07) is 6.29. The molecule has 0 radical (unpaired) electrons. The third-order valence-electron chi connectivity index (χ3n) is 3.32. The molecule has 0 unspecified atom stereocenters. The smallest absolute Gasteiger partial charge is 0.343 e. The third-order valence-corrected chi connectivity index (χ3v) is 4.05. The molecule has 118 valence electrons. The Hall–Kier alpha value is -1.85. The highest BCUT2D eigenvalue weighted by Crippen LogP contribution is 2.25. The van der Waals surface area contributed by atoms with Crippen molar-refractivity contribution in [3.8, 4) is 5.75 Å². The summed E-state index contributed by atoms with van der Waals surface area (Å²) < 4.78 is 10.1. The molecule has 1 heterocycles. The monoisotopic (exact) mass is 319 g/mol. The van der Waals surface area contributed by atoms with Gasteiger partial charge in [0.2, 0.25) is 0 Å². The standard InChI is InChI=1S/C17H21NO3S/c1-12-6-15(9-18-8-14-4-5-22-11-14)7-13(2)17(12)21-10-16(19)20-3/h4-7,11,18H,8-10H2,1-3H3. The zero-order valence-electron chi connectivity index (χ0n) is 13.1. The number of hydrogen-bond donors (Lipinski definition) is 1. The number of esters is 1. The minimum atomic E-state index is -0.375. The summed E-state index contributed by atoms with van der Waals surface area (Å²) in [5.74, 6) is 0.382. The average molecular weight is 319 g/mol. The van der Waals surface area contributed by atoms with Crippen LogP contribution in [0.4, 0.5) is 0 Å². The van der Waals surface area contributed by atoms with Gasteiger partial charge in [0.1, 0.15) is 5.75 Å². The molecule has 0 atom stereocenters. The molecule has 0 fully saturated rings. The number of aryl methyl sites for hydroxylation is 2. The molecule has 0 aliphatic heterocycles. The number of thiophene rings is 1. The van der Waals surface area contributed by atoms with Gasteiger partial charge in [0.25, 0.3) is 0 Å². The van der Waals surface area contributed by atoms with E-state index in [0.29, 0.717) is 0 Å². The van der Waals surface area contributed by atoms with Gasteiger partial charge < -0.3 is 14.8 Å². The summed E-state index contributed by atoms with van der Waals surface area (Å²) in [5, 5.41) is 7.66. The molecule has 2 rings (SSSR count). The fraction of sp³-hybridized carbons (Fsp3) is 0.353. The van der Waals surface area contributed by atoms with Gasteiger partial charge in [0.15, 0.2) is 6.61 Å². The first-order chi connectivity index (χ1) is 10.6. The van der Waals surface area contributed by atoms with Crippen LogP contribution in [0.1, 0.15) is 22.3 Å². The van der Waals surface area contributed by atoms with E-state index >= 15 is 0 Å². The van der Waals surface area contributed by atoms with Crippen molar-refractivity contribution in [2.75, 3.05) is 13.7 Å². The van der Waals surface area contributed by atoms with Crippen LogP contribution in [0.2, 0.25) is 0 Å². The second kappa shape index (κ2) is 7.96. The third kappa shape index (κ3) is 4.58. The highest BCUT2D eigenvalue weighted by atomic mass is 32.1. The van der Waals surface area contributed by atoms with Crippen molar-refractivity contribution >= 4 is 17.3 Å². The van der Waals surface area contributed by atoms with Gasteiger partial charge in [-0.1, -0.05) is 12.1 Å². The van der Waals surface area contributed by atoms with Crippen LogP contribution in [0.15, 0.2) is 29.0 Å². The number of nitrogens with one attached hydrogen (secondary N) is 1. The number of carbonyl (C=O) groups excluding carboxylic acids is 1. The predicted octanol–water partition coefficient (Wildman–Crippen LogP) is 3.21.